The fourth-order valence-corrected chi connectivity index (χ4v) is 1.53. The van der Waals surface area contributed by atoms with Gasteiger partial charge in [-0.05, 0) is 12.1 Å². The predicted molar refractivity (Wildman–Crippen MR) is 78.0 cm³/mol. The number of carbonyl (C=O) groups excluding carboxylic acids is 2. The van der Waals surface area contributed by atoms with Gasteiger partial charge in [-0.3, -0.25) is 20.2 Å². The monoisotopic (exact) mass is 288 g/mol. The van der Waals surface area contributed by atoms with Crippen molar-refractivity contribution in [3.05, 3.63) is 24.3 Å². The summed E-state index contributed by atoms with van der Waals surface area (Å²) >= 11 is 0. The Bertz CT molecular complexity index is 637. The van der Waals surface area contributed by atoms with Crippen LogP contribution in [0.3, 0.4) is 0 Å². The third-order valence-corrected chi connectivity index (χ3v) is 2.65. The number of aliphatic imine (C=N–C) groups is 1. The summed E-state index contributed by atoms with van der Waals surface area (Å²) < 4.78 is 5.43. The second kappa shape index (κ2) is 6.65. The molecule has 2 aromatic rings. The van der Waals surface area contributed by atoms with Crippen LogP contribution in [0.5, 0.6) is 0 Å². The van der Waals surface area contributed by atoms with Gasteiger partial charge in [0.2, 0.25) is 17.8 Å². The smallest absolute Gasteiger partial charge is 0.326 e. The van der Waals surface area contributed by atoms with Crippen molar-refractivity contribution in [2.24, 2.45) is 4.99 Å². The molecule has 2 amide bonds. The minimum Gasteiger partial charge on any atom is -0.422 e. The molecule has 1 heterocycles. The Labute approximate surface area is 121 Å². The Morgan fingerprint density at radius 2 is 1.76 bits per heavy atom. The highest BCUT2D eigenvalue weighted by molar-refractivity contribution is 6.05. The van der Waals surface area contributed by atoms with Crippen LogP contribution >= 0.6 is 0 Å². The number of aromatic nitrogens is 1. The average Bonchev–Trinajstić information content (AvgIpc) is 2.88. The molecule has 1 aromatic heterocycles. The first-order valence-corrected chi connectivity index (χ1v) is 6.66. The van der Waals surface area contributed by atoms with E-state index in [-0.39, 0.29) is 36.6 Å². The fourth-order valence-electron chi connectivity index (χ4n) is 1.53. The van der Waals surface area contributed by atoms with Crippen molar-refractivity contribution < 1.29 is 14.0 Å². The first kappa shape index (κ1) is 14.7. The van der Waals surface area contributed by atoms with E-state index >= 15 is 0 Å². The van der Waals surface area contributed by atoms with Gasteiger partial charge in [0, 0.05) is 12.8 Å². The number of hydrogen-bond donors (Lipinski definition) is 2. The molecule has 0 saturated carbocycles. The molecule has 0 unspecified atom stereocenters. The molecule has 0 radical (unpaired) electrons. The normalized spacial score (nSPS) is 10.2. The maximum Gasteiger partial charge on any atom is 0.326 e. The maximum atomic E-state index is 11.5. The summed E-state index contributed by atoms with van der Waals surface area (Å²) in [7, 11) is 0. The van der Waals surface area contributed by atoms with E-state index in [1.807, 2.05) is 12.1 Å². The molecule has 0 aliphatic rings. The van der Waals surface area contributed by atoms with Crippen LogP contribution in [0.15, 0.2) is 33.7 Å². The van der Waals surface area contributed by atoms with E-state index in [0.29, 0.717) is 11.1 Å². The van der Waals surface area contributed by atoms with Gasteiger partial charge in [-0.15, -0.1) is 0 Å². The average molecular weight is 288 g/mol. The molecule has 0 aliphatic heterocycles. The quantitative estimate of drug-likeness (QED) is 0.665. The van der Waals surface area contributed by atoms with Crippen molar-refractivity contribution in [1.29, 1.82) is 0 Å². The van der Waals surface area contributed by atoms with Gasteiger partial charge in [-0.25, -0.2) is 0 Å². The Morgan fingerprint density at radius 3 is 2.33 bits per heavy atom. The Balaban J connectivity index is 2.28. The highest BCUT2D eigenvalue weighted by atomic mass is 16.4. The van der Waals surface area contributed by atoms with Crippen LogP contribution in [-0.2, 0) is 9.59 Å². The summed E-state index contributed by atoms with van der Waals surface area (Å²) in [4.78, 5) is 31.1. The molecule has 110 valence electrons. The number of oxazole rings is 1. The summed E-state index contributed by atoms with van der Waals surface area (Å²) in [5.74, 6) is -0.511. The van der Waals surface area contributed by atoms with Crippen LogP contribution in [0.2, 0.25) is 0 Å². The number of nitrogens with zero attached hydrogens (tertiary/aromatic N) is 2. The molecule has 7 nitrogen and oxygen atoms in total. The topological polar surface area (TPSA) is 96.6 Å². The van der Waals surface area contributed by atoms with Gasteiger partial charge >= 0.3 is 6.01 Å². The Kier molecular flexibility index (Phi) is 4.65. The molecule has 21 heavy (non-hydrogen) atoms. The first-order chi connectivity index (χ1) is 10.1. The highest BCUT2D eigenvalue weighted by Gasteiger charge is 2.10. The van der Waals surface area contributed by atoms with Crippen LogP contribution in [0.4, 0.5) is 6.01 Å². The van der Waals surface area contributed by atoms with Crippen LogP contribution in [0, 0.1) is 0 Å². The van der Waals surface area contributed by atoms with Gasteiger partial charge in [0.05, 0.1) is 0 Å². The van der Waals surface area contributed by atoms with E-state index in [0.717, 1.165) is 0 Å². The van der Waals surface area contributed by atoms with Gasteiger partial charge in [-0.1, -0.05) is 26.0 Å². The van der Waals surface area contributed by atoms with Gasteiger partial charge in [0.15, 0.2) is 5.58 Å². The molecule has 2 rings (SSSR count). The van der Waals surface area contributed by atoms with Crippen molar-refractivity contribution in [2.45, 2.75) is 26.7 Å². The third-order valence-electron chi connectivity index (χ3n) is 2.65. The summed E-state index contributed by atoms with van der Waals surface area (Å²) in [6.07, 6.45) is 0.545. The summed E-state index contributed by atoms with van der Waals surface area (Å²) in [6.45, 7) is 3.40. The van der Waals surface area contributed by atoms with E-state index in [9.17, 15) is 9.59 Å². The molecule has 0 bridgehead atoms. The second-order valence-corrected chi connectivity index (χ2v) is 4.23. The number of carbonyl (C=O) groups is 2. The van der Waals surface area contributed by atoms with E-state index in [4.69, 9.17) is 4.42 Å². The van der Waals surface area contributed by atoms with Crippen molar-refractivity contribution in [2.75, 3.05) is 0 Å². The molecule has 0 fully saturated rings. The first-order valence-electron chi connectivity index (χ1n) is 6.66. The molecule has 1 aromatic carbocycles. The fraction of sp³-hybridized carbons (Fsp3) is 0.286. The number of para-hydroxylation sites is 2. The summed E-state index contributed by atoms with van der Waals surface area (Å²) in [5, 5.41) is 5.01. The van der Waals surface area contributed by atoms with Crippen molar-refractivity contribution in [3.8, 4) is 0 Å². The van der Waals surface area contributed by atoms with Crippen molar-refractivity contribution >= 4 is 34.9 Å². The van der Waals surface area contributed by atoms with Crippen molar-refractivity contribution in [3.63, 3.8) is 0 Å². The summed E-state index contributed by atoms with van der Waals surface area (Å²) in [6, 6.07) is 7.26. The number of fused-ring (bicyclic) bond motifs is 1. The zero-order valence-corrected chi connectivity index (χ0v) is 11.8. The minimum atomic E-state index is -0.263. The van der Waals surface area contributed by atoms with Gasteiger partial charge in [0.25, 0.3) is 0 Å². The lowest BCUT2D eigenvalue weighted by atomic mass is 10.3. The zero-order valence-electron chi connectivity index (χ0n) is 11.8. The van der Waals surface area contributed by atoms with E-state index in [2.05, 4.69) is 20.6 Å². The van der Waals surface area contributed by atoms with Gasteiger partial charge in [0.1, 0.15) is 5.52 Å². The molecule has 7 heteroatoms. The molecular formula is C14H16N4O3. The van der Waals surface area contributed by atoms with E-state index in [1.165, 1.54) is 0 Å². The Hall–Kier alpha value is -2.70. The molecule has 0 spiro atoms. The number of hydrogen-bond acceptors (Lipinski definition) is 5. The van der Waals surface area contributed by atoms with Crippen LogP contribution < -0.4 is 10.6 Å². The van der Waals surface area contributed by atoms with Crippen LogP contribution in [0.25, 0.3) is 11.1 Å². The van der Waals surface area contributed by atoms with E-state index < -0.39 is 0 Å². The molecule has 0 aliphatic carbocycles. The number of nitrogens with one attached hydrogen (secondary N) is 2. The Morgan fingerprint density at radius 1 is 1.14 bits per heavy atom. The van der Waals surface area contributed by atoms with Gasteiger partial charge < -0.3 is 4.42 Å². The molecule has 2 N–H and O–H groups in total. The molecular weight excluding hydrogens is 272 g/mol. The zero-order chi connectivity index (χ0) is 15.2. The van der Waals surface area contributed by atoms with E-state index in [1.54, 1.807) is 26.0 Å². The maximum absolute atomic E-state index is 11.5. The number of rotatable bonds is 3. The van der Waals surface area contributed by atoms with Crippen LogP contribution in [0.1, 0.15) is 26.7 Å². The number of guanidine groups is 1. The largest absolute Gasteiger partial charge is 0.422 e. The minimum absolute atomic E-state index is 0.0141. The second-order valence-electron chi connectivity index (χ2n) is 4.23. The lowest BCUT2D eigenvalue weighted by molar-refractivity contribution is -0.119. The SMILES string of the molecule is CCC(=O)NC(=Nc1nc2ccccc2o1)NC(=O)CC. The standard InChI is InChI=1S/C14H16N4O3/c1-3-11(19)16-13(17-12(20)4-2)18-14-15-9-7-5-6-8-10(9)21-14/h5-8H,3-4H2,1-2H3,(H2,15,16,17,18,19,20). The summed E-state index contributed by atoms with van der Waals surface area (Å²) in [5.41, 5.74) is 1.23. The predicted octanol–water partition coefficient (Wildman–Crippen LogP) is 1.87. The lowest BCUT2D eigenvalue weighted by Gasteiger charge is -2.07. The number of amides is 2. The highest BCUT2D eigenvalue weighted by Crippen LogP contribution is 2.20. The van der Waals surface area contributed by atoms with Crippen molar-refractivity contribution in [1.82, 2.24) is 15.6 Å². The molecule has 0 saturated heterocycles. The number of benzene rings is 1. The van der Waals surface area contributed by atoms with Crippen LogP contribution in [-0.4, -0.2) is 22.8 Å². The van der Waals surface area contributed by atoms with Gasteiger partial charge in [-0.2, -0.15) is 9.98 Å². The molecule has 0 atom stereocenters. The lowest BCUT2D eigenvalue weighted by Crippen LogP contribution is -2.43. The third kappa shape index (κ3) is 3.88.